The zero-order valence-corrected chi connectivity index (χ0v) is 18.3. The van der Waals surface area contributed by atoms with Crippen LogP contribution in [-0.4, -0.2) is 33.4 Å². The summed E-state index contributed by atoms with van der Waals surface area (Å²) in [5.41, 5.74) is 1.91. The summed E-state index contributed by atoms with van der Waals surface area (Å²) in [5.74, 6) is -0.937. The van der Waals surface area contributed by atoms with Crippen molar-refractivity contribution in [1.82, 2.24) is 4.90 Å². The van der Waals surface area contributed by atoms with Gasteiger partial charge in [-0.1, -0.05) is 49.4 Å². The molecule has 1 unspecified atom stereocenters. The van der Waals surface area contributed by atoms with Gasteiger partial charge >= 0.3 is 0 Å². The highest BCUT2D eigenvalue weighted by molar-refractivity contribution is 6.46. The van der Waals surface area contributed by atoms with Crippen LogP contribution in [0.4, 0.5) is 0 Å². The summed E-state index contributed by atoms with van der Waals surface area (Å²) >= 11 is 0. The van der Waals surface area contributed by atoms with E-state index in [4.69, 9.17) is 4.74 Å². The van der Waals surface area contributed by atoms with Crippen LogP contribution >= 0.6 is 0 Å². The molecule has 1 saturated heterocycles. The summed E-state index contributed by atoms with van der Waals surface area (Å²) in [6.07, 6.45) is 0.874. The van der Waals surface area contributed by atoms with Gasteiger partial charge in [-0.2, -0.15) is 0 Å². The maximum atomic E-state index is 13.1. The van der Waals surface area contributed by atoms with Gasteiger partial charge in [0.05, 0.1) is 18.2 Å². The molecule has 33 heavy (non-hydrogen) atoms. The molecule has 0 aliphatic carbocycles. The normalized spacial score (nSPS) is 17.4. The van der Waals surface area contributed by atoms with Gasteiger partial charge in [0.1, 0.15) is 17.3 Å². The Hall–Kier alpha value is -4.06. The van der Waals surface area contributed by atoms with Crippen molar-refractivity contribution in [3.05, 3.63) is 101 Å². The zero-order chi connectivity index (χ0) is 23.4. The van der Waals surface area contributed by atoms with Crippen LogP contribution in [0.25, 0.3) is 5.76 Å². The number of carbonyl (C=O) groups is 2. The SMILES string of the molecule is CCCOc1ccc(/C(O)=C2\C(=O)C(=O)N(Cc3ccccc3)C2c2ccc(O)cc2)cc1. The van der Waals surface area contributed by atoms with Gasteiger partial charge in [-0.3, -0.25) is 9.59 Å². The average molecular weight is 443 g/mol. The maximum Gasteiger partial charge on any atom is 0.295 e. The van der Waals surface area contributed by atoms with E-state index < -0.39 is 17.7 Å². The molecule has 2 N–H and O–H groups in total. The number of phenolic OH excluding ortho intramolecular Hbond substituents is 1. The van der Waals surface area contributed by atoms with Crippen molar-refractivity contribution in [2.45, 2.75) is 25.9 Å². The number of rotatable bonds is 7. The van der Waals surface area contributed by atoms with Crippen LogP contribution < -0.4 is 4.74 Å². The first-order valence-corrected chi connectivity index (χ1v) is 10.8. The van der Waals surface area contributed by atoms with Crippen LogP contribution in [0.3, 0.4) is 0 Å². The number of nitrogens with zero attached hydrogens (tertiary/aromatic N) is 1. The van der Waals surface area contributed by atoms with Crippen molar-refractivity contribution >= 4 is 17.4 Å². The van der Waals surface area contributed by atoms with E-state index in [0.29, 0.717) is 23.5 Å². The van der Waals surface area contributed by atoms with E-state index in [1.807, 2.05) is 37.3 Å². The second-order valence-corrected chi connectivity index (χ2v) is 7.88. The van der Waals surface area contributed by atoms with E-state index in [9.17, 15) is 19.8 Å². The minimum Gasteiger partial charge on any atom is -0.508 e. The molecular formula is C27H25NO5. The number of amides is 1. The third-order valence-electron chi connectivity index (χ3n) is 5.55. The molecule has 0 aromatic heterocycles. The molecule has 1 amide bonds. The number of likely N-dealkylation sites (tertiary alicyclic amines) is 1. The van der Waals surface area contributed by atoms with E-state index in [0.717, 1.165) is 12.0 Å². The first-order valence-electron chi connectivity index (χ1n) is 10.8. The number of benzene rings is 3. The Morgan fingerprint density at radius 2 is 1.61 bits per heavy atom. The molecule has 4 rings (SSSR count). The third kappa shape index (κ3) is 4.60. The molecule has 6 heteroatoms. The van der Waals surface area contributed by atoms with Crippen molar-refractivity contribution in [3.8, 4) is 11.5 Å². The molecule has 1 heterocycles. The number of hydrogen-bond acceptors (Lipinski definition) is 5. The largest absolute Gasteiger partial charge is 0.508 e. The number of carbonyl (C=O) groups excluding carboxylic acids is 2. The topological polar surface area (TPSA) is 87.1 Å². The van der Waals surface area contributed by atoms with Crippen molar-refractivity contribution in [2.75, 3.05) is 6.61 Å². The summed E-state index contributed by atoms with van der Waals surface area (Å²) in [5, 5.41) is 20.9. The molecule has 1 fully saturated rings. The molecule has 0 saturated carbocycles. The number of phenols is 1. The molecule has 0 radical (unpaired) electrons. The van der Waals surface area contributed by atoms with Crippen LogP contribution in [0.1, 0.15) is 36.1 Å². The fourth-order valence-electron chi connectivity index (χ4n) is 3.91. The van der Waals surface area contributed by atoms with E-state index in [1.165, 1.54) is 17.0 Å². The van der Waals surface area contributed by atoms with Crippen molar-refractivity contribution in [1.29, 1.82) is 0 Å². The van der Waals surface area contributed by atoms with Crippen LogP contribution in [0, 0.1) is 0 Å². The predicted octanol–water partition coefficient (Wildman–Crippen LogP) is 4.80. The summed E-state index contributed by atoms with van der Waals surface area (Å²) in [6, 6.07) is 21.6. The number of ketones is 1. The highest BCUT2D eigenvalue weighted by atomic mass is 16.5. The first kappa shape index (κ1) is 22.1. The Morgan fingerprint density at radius 3 is 2.24 bits per heavy atom. The van der Waals surface area contributed by atoms with Gasteiger partial charge < -0.3 is 19.8 Å². The minimum atomic E-state index is -0.790. The monoisotopic (exact) mass is 443 g/mol. The molecule has 0 bridgehead atoms. The van der Waals surface area contributed by atoms with Crippen LogP contribution in [0.5, 0.6) is 11.5 Å². The minimum absolute atomic E-state index is 0.0175. The Balaban J connectivity index is 1.78. The number of aromatic hydroxyl groups is 1. The Morgan fingerprint density at radius 1 is 0.939 bits per heavy atom. The lowest BCUT2D eigenvalue weighted by Crippen LogP contribution is -2.29. The first-order chi connectivity index (χ1) is 16.0. The quantitative estimate of drug-likeness (QED) is 0.311. The second kappa shape index (κ2) is 9.61. The third-order valence-corrected chi connectivity index (χ3v) is 5.55. The average Bonchev–Trinajstić information content (AvgIpc) is 3.08. The fraction of sp³-hybridized carbons (Fsp3) is 0.185. The lowest BCUT2D eigenvalue weighted by molar-refractivity contribution is -0.140. The van der Waals surface area contributed by atoms with Gasteiger partial charge in [-0.25, -0.2) is 0 Å². The Labute approximate surface area is 192 Å². The lowest BCUT2D eigenvalue weighted by atomic mass is 9.95. The zero-order valence-electron chi connectivity index (χ0n) is 18.3. The van der Waals surface area contributed by atoms with Gasteiger partial charge in [-0.05, 0) is 53.9 Å². The molecule has 6 nitrogen and oxygen atoms in total. The number of hydrogen-bond donors (Lipinski definition) is 2. The van der Waals surface area contributed by atoms with Gasteiger partial charge in [-0.15, -0.1) is 0 Å². The van der Waals surface area contributed by atoms with E-state index in [-0.39, 0.29) is 23.6 Å². The highest BCUT2D eigenvalue weighted by Crippen LogP contribution is 2.40. The Kier molecular flexibility index (Phi) is 6.45. The number of aliphatic hydroxyl groups is 1. The van der Waals surface area contributed by atoms with Gasteiger partial charge in [0.2, 0.25) is 0 Å². The number of Topliss-reactive ketones (excluding diaryl/α,β-unsaturated/α-hetero) is 1. The number of ether oxygens (including phenoxy) is 1. The Bertz CT molecular complexity index is 1170. The smallest absolute Gasteiger partial charge is 0.295 e. The van der Waals surface area contributed by atoms with E-state index >= 15 is 0 Å². The maximum absolute atomic E-state index is 13.1. The van der Waals surface area contributed by atoms with Crippen molar-refractivity contribution in [3.63, 3.8) is 0 Å². The fourth-order valence-corrected chi connectivity index (χ4v) is 3.91. The van der Waals surface area contributed by atoms with Crippen molar-refractivity contribution < 1.29 is 24.5 Å². The van der Waals surface area contributed by atoms with Gasteiger partial charge in [0.15, 0.2) is 0 Å². The summed E-state index contributed by atoms with van der Waals surface area (Å²) in [6.45, 7) is 2.80. The van der Waals surface area contributed by atoms with E-state index in [1.54, 1.807) is 36.4 Å². The van der Waals surface area contributed by atoms with Crippen LogP contribution in [0.2, 0.25) is 0 Å². The standard InChI is InChI=1S/C27H25NO5/c1-2-16-33-22-14-10-20(11-15-22)25(30)23-24(19-8-12-21(29)13-9-19)28(27(32)26(23)31)17-18-6-4-3-5-7-18/h3-15,24,29-30H,2,16-17H2,1H3/b25-23+. The molecule has 0 spiro atoms. The highest BCUT2D eigenvalue weighted by Gasteiger charge is 2.46. The second-order valence-electron chi connectivity index (χ2n) is 7.88. The molecule has 1 aliphatic rings. The molecule has 3 aromatic rings. The van der Waals surface area contributed by atoms with Crippen molar-refractivity contribution in [2.24, 2.45) is 0 Å². The lowest BCUT2D eigenvalue weighted by Gasteiger charge is -2.25. The summed E-state index contributed by atoms with van der Waals surface area (Å²) in [7, 11) is 0. The molecule has 1 atom stereocenters. The molecular weight excluding hydrogens is 418 g/mol. The summed E-state index contributed by atoms with van der Waals surface area (Å²) in [4.78, 5) is 27.6. The molecule has 168 valence electrons. The van der Waals surface area contributed by atoms with E-state index in [2.05, 4.69) is 0 Å². The van der Waals surface area contributed by atoms with Crippen LogP contribution in [0.15, 0.2) is 84.4 Å². The van der Waals surface area contributed by atoms with Crippen LogP contribution in [-0.2, 0) is 16.1 Å². The summed E-state index contributed by atoms with van der Waals surface area (Å²) < 4.78 is 5.59. The van der Waals surface area contributed by atoms with Gasteiger partial charge in [0.25, 0.3) is 11.7 Å². The predicted molar refractivity (Wildman–Crippen MR) is 125 cm³/mol. The molecule has 3 aromatic carbocycles. The molecule has 1 aliphatic heterocycles. The van der Waals surface area contributed by atoms with Gasteiger partial charge in [0, 0.05) is 12.1 Å². The number of aliphatic hydroxyl groups excluding tert-OH is 1.